The quantitative estimate of drug-likeness (QED) is 0.574. The third kappa shape index (κ3) is 4.49. The molecular weight excluding hydrogens is 370 g/mol. The first-order valence-corrected chi connectivity index (χ1v) is 9.67. The third-order valence-electron chi connectivity index (χ3n) is 4.91. The molecular formula is C23H27NO5. The summed E-state index contributed by atoms with van der Waals surface area (Å²) < 4.78 is 10.8. The Labute approximate surface area is 170 Å². The molecule has 1 aliphatic carbocycles. The summed E-state index contributed by atoms with van der Waals surface area (Å²) in [5.41, 5.74) is 9.40. The number of carbonyl (C=O) groups is 2. The topological polar surface area (TPSA) is 98.9 Å². The minimum absolute atomic E-state index is 0.0737. The van der Waals surface area contributed by atoms with E-state index in [1.165, 1.54) is 0 Å². The Kier molecular flexibility index (Phi) is 6.05. The zero-order valence-electron chi connectivity index (χ0n) is 16.9. The molecule has 154 valence electrons. The van der Waals surface area contributed by atoms with E-state index >= 15 is 0 Å². The van der Waals surface area contributed by atoms with Crippen molar-refractivity contribution in [1.82, 2.24) is 0 Å². The monoisotopic (exact) mass is 397 g/mol. The minimum Gasteiger partial charge on any atom is -0.464 e. The number of hydrogen-bond acceptors (Lipinski definition) is 6. The van der Waals surface area contributed by atoms with Crippen LogP contribution in [0.3, 0.4) is 0 Å². The Balaban J connectivity index is 1.79. The van der Waals surface area contributed by atoms with Crippen LogP contribution in [0.5, 0.6) is 0 Å². The van der Waals surface area contributed by atoms with Crippen molar-refractivity contribution in [3.63, 3.8) is 0 Å². The maximum Gasteiger partial charge on any atom is 0.322 e. The van der Waals surface area contributed by atoms with Gasteiger partial charge >= 0.3 is 11.9 Å². The van der Waals surface area contributed by atoms with E-state index in [0.717, 1.165) is 22.3 Å². The molecule has 0 amide bonds. The van der Waals surface area contributed by atoms with Gasteiger partial charge in [0, 0.05) is 5.92 Å². The van der Waals surface area contributed by atoms with Gasteiger partial charge in [0.15, 0.2) is 5.92 Å². The van der Waals surface area contributed by atoms with Crippen molar-refractivity contribution in [2.24, 2.45) is 11.7 Å². The smallest absolute Gasteiger partial charge is 0.322 e. The van der Waals surface area contributed by atoms with Crippen LogP contribution in [-0.4, -0.2) is 41.9 Å². The number of carbonyl (C=O) groups excluding carboxylic acids is 2. The molecule has 0 aromatic heterocycles. The zero-order valence-corrected chi connectivity index (χ0v) is 16.9. The second kappa shape index (κ2) is 8.35. The van der Waals surface area contributed by atoms with Crippen molar-refractivity contribution < 1.29 is 24.2 Å². The van der Waals surface area contributed by atoms with Crippen molar-refractivity contribution in [2.45, 2.75) is 38.3 Å². The second-order valence-electron chi connectivity index (χ2n) is 8.21. The van der Waals surface area contributed by atoms with E-state index in [1.54, 1.807) is 20.8 Å². The number of hydrogen-bond donors (Lipinski definition) is 2. The molecule has 0 spiro atoms. The number of rotatable bonds is 6. The average molecular weight is 397 g/mol. The van der Waals surface area contributed by atoms with E-state index in [0.29, 0.717) is 0 Å². The lowest BCUT2D eigenvalue weighted by Gasteiger charge is -2.26. The molecule has 0 radical (unpaired) electrons. The fourth-order valence-corrected chi connectivity index (χ4v) is 3.61. The second-order valence-corrected chi connectivity index (χ2v) is 8.21. The molecule has 2 aromatic carbocycles. The molecule has 0 saturated heterocycles. The highest BCUT2D eigenvalue weighted by molar-refractivity contribution is 5.96. The summed E-state index contributed by atoms with van der Waals surface area (Å²) in [6, 6.07) is 14.9. The van der Waals surface area contributed by atoms with Crippen LogP contribution in [0.15, 0.2) is 48.5 Å². The van der Waals surface area contributed by atoms with Crippen molar-refractivity contribution in [3.05, 3.63) is 59.7 Å². The maximum absolute atomic E-state index is 12.7. The Hall–Kier alpha value is -2.70. The van der Waals surface area contributed by atoms with Gasteiger partial charge in [-0.1, -0.05) is 48.5 Å². The van der Waals surface area contributed by atoms with Crippen LogP contribution >= 0.6 is 0 Å². The number of ether oxygens (including phenoxy) is 2. The molecule has 1 aliphatic rings. The first kappa shape index (κ1) is 21.0. The predicted octanol–water partition coefficient (Wildman–Crippen LogP) is 2.62. The molecule has 2 unspecified atom stereocenters. The number of aliphatic hydroxyl groups excluding tert-OH is 1. The predicted molar refractivity (Wildman–Crippen MR) is 109 cm³/mol. The minimum atomic E-state index is -1.38. The summed E-state index contributed by atoms with van der Waals surface area (Å²) >= 11 is 0. The fourth-order valence-electron chi connectivity index (χ4n) is 3.61. The van der Waals surface area contributed by atoms with Crippen LogP contribution in [0, 0.1) is 5.92 Å². The Bertz CT molecular complexity index is 857. The Morgan fingerprint density at radius 2 is 1.52 bits per heavy atom. The lowest BCUT2D eigenvalue weighted by atomic mass is 9.97. The van der Waals surface area contributed by atoms with Gasteiger partial charge in [0.1, 0.15) is 12.2 Å². The largest absolute Gasteiger partial charge is 0.464 e. The summed E-state index contributed by atoms with van der Waals surface area (Å²) in [5.74, 6) is -3.10. The van der Waals surface area contributed by atoms with Crippen molar-refractivity contribution in [1.29, 1.82) is 0 Å². The van der Waals surface area contributed by atoms with Crippen molar-refractivity contribution in [2.75, 3.05) is 13.2 Å². The molecule has 2 atom stereocenters. The molecule has 0 aliphatic heterocycles. The first-order chi connectivity index (χ1) is 13.7. The van der Waals surface area contributed by atoms with Gasteiger partial charge in [-0.15, -0.1) is 0 Å². The van der Waals surface area contributed by atoms with Gasteiger partial charge in [-0.3, -0.25) is 9.59 Å². The van der Waals surface area contributed by atoms with Gasteiger partial charge in [0.05, 0.1) is 12.6 Å². The van der Waals surface area contributed by atoms with Crippen LogP contribution in [0.25, 0.3) is 11.1 Å². The number of aliphatic hydroxyl groups is 1. The molecule has 0 heterocycles. The van der Waals surface area contributed by atoms with E-state index < -0.39 is 36.1 Å². The Morgan fingerprint density at radius 3 is 2.00 bits per heavy atom. The van der Waals surface area contributed by atoms with Gasteiger partial charge in [-0.2, -0.15) is 0 Å². The van der Waals surface area contributed by atoms with Gasteiger partial charge in [-0.05, 0) is 43.0 Å². The summed E-state index contributed by atoms with van der Waals surface area (Å²) in [5, 5.41) is 9.40. The van der Waals surface area contributed by atoms with E-state index in [2.05, 4.69) is 0 Å². The number of fused-ring (bicyclic) bond motifs is 3. The van der Waals surface area contributed by atoms with Gasteiger partial charge in [0.25, 0.3) is 0 Å². The van der Waals surface area contributed by atoms with E-state index in [9.17, 15) is 14.7 Å². The van der Waals surface area contributed by atoms with Crippen LogP contribution in [0.4, 0.5) is 0 Å². The van der Waals surface area contributed by atoms with Gasteiger partial charge < -0.3 is 20.3 Å². The third-order valence-corrected chi connectivity index (χ3v) is 4.91. The SMILES string of the molecule is CC(C)(C)OC(=O)C(C(=O)OCC1c2ccccc2-c2ccccc21)C(N)CO. The average Bonchev–Trinajstić information content (AvgIpc) is 2.99. The summed E-state index contributed by atoms with van der Waals surface area (Å²) in [4.78, 5) is 25.2. The molecule has 6 nitrogen and oxygen atoms in total. The normalized spacial score (nSPS) is 15.2. The standard InChI is InChI=1S/C23H27NO5/c1-23(2,3)29-22(27)20(19(24)12-25)21(26)28-13-18-16-10-6-4-8-14(16)15-9-5-7-11-17(15)18/h4-11,18-20,25H,12-13,24H2,1-3H3. The molecule has 0 bridgehead atoms. The molecule has 29 heavy (non-hydrogen) atoms. The highest BCUT2D eigenvalue weighted by atomic mass is 16.6. The lowest BCUT2D eigenvalue weighted by molar-refractivity contribution is -0.170. The summed E-state index contributed by atoms with van der Waals surface area (Å²) in [6.07, 6.45) is 0. The lowest BCUT2D eigenvalue weighted by Crippen LogP contribution is -2.46. The van der Waals surface area contributed by atoms with Crippen LogP contribution in [0.2, 0.25) is 0 Å². The zero-order chi connectivity index (χ0) is 21.2. The first-order valence-electron chi connectivity index (χ1n) is 9.67. The van der Waals surface area contributed by atoms with Crippen molar-refractivity contribution in [3.8, 4) is 11.1 Å². The van der Waals surface area contributed by atoms with Crippen LogP contribution in [-0.2, 0) is 19.1 Å². The summed E-state index contributed by atoms with van der Waals surface area (Å²) in [6.45, 7) is 4.64. The number of benzene rings is 2. The molecule has 3 rings (SSSR count). The molecule has 6 heteroatoms. The van der Waals surface area contributed by atoms with E-state index in [-0.39, 0.29) is 12.5 Å². The highest BCUT2D eigenvalue weighted by Crippen LogP contribution is 2.44. The fraction of sp³-hybridized carbons (Fsp3) is 0.391. The Morgan fingerprint density at radius 1 is 1.00 bits per heavy atom. The maximum atomic E-state index is 12.7. The summed E-state index contributed by atoms with van der Waals surface area (Å²) in [7, 11) is 0. The van der Waals surface area contributed by atoms with Gasteiger partial charge in [0.2, 0.25) is 0 Å². The molecule has 0 fully saturated rings. The highest BCUT2D eigenvalue weighted by Gasteiger charge is 2.38. The molecule has 0 saturated carbocycles. The number of esters is 2. The molecule has 3 N–H and O–H groups in total. The van der Waals surface area contributed by atoms with Crippen molar-refractivity contribution >= 4 is 11.9 Å². The van der Waals surface area contributed by atoms with Gasteiger partial charge in [-0.25, -0.2) is 0 Å². The van der Waals surface area contributed by atoms with Crippen LogP contribution < -0.4 is 5.73 Å². The van der Waals surface area contributed by atoms with E-state index in [1.807, 2.05) is 48.5 Å². The van der Waals surface area contributed by atoms with E-state index in [4.69, 9.17) is 15.2 Å². The van der Waals surface area contributed by atoms with Crippen LogP contribution in [0.1, 0.15) is 37.8 Å². The molecule has 2 aromatic rings. The number of nitrogens with two attached hydrogens (primary N) is 1.